The smallest absolute Gasteiger partial charge is 0.126 e. The third-order valence-corrected chi connectivity index (χ3v) is 4.79. The van der Waals surface area contributed by atoms with Crippen molar-refractivity contribution in [1.29, 1.82) is 0 Å². The monoisotopic (exact) mass is 242 g/mol. The zero-order valence-electron chi connectivity index (χ0n) is 8.83. The van der Waals surface area contributed by atoms with E-state index < -0.39 is 0 Å². The van der Waals surface area contributed by atoms with Crippen LogP contribution in [0.15, 0.2) is 11.4 Å². The highest BCUT2D eigenvalue weighted by Gasteiger charge is 2.40. The highest BCUT2D eigenvalue weighted by Crippen LogP contribution is 2.44. The molecule has 1 fully saturated rings. The van der Waals surface area contributed by atoms with Crippen LogP contribution in [0.25, 0.3) is 0 Å². The van der Waals surface area contributed by atoms with Gasteiger partial charge in [-0.1, -0.05) is 24.9 Å². The molecule has 1 aliphatic carbocycles. The minimum Gasteiger partial charge on any atom is -0.303 e. The van der Waals surface area contributed by atoms with Crippen LogP contribution in [0, 0.1) is 11.3 Å². The Morgan fingerprint density at radius 2 is 2.53 bits per heavy atom. The Labute approximate surface area is 99.5 Å². The van der Waals surface area contributed by atoms with E-state index in [1.165, 1.54) is 24.7 Å². The Kier molecular flexibility index (Phi) is 3.17. The second kappa shape index (κ2) is 4.26. The third-order valence-electron chi connectivity index (χ3n) is 3.65. The van der Waals surface area contributed by atoms with Crippen LogP contribution in [0.3, 0.4) is 0 Å². The van der Waals surface area contributed by atoms with Gasteiger partial charge in [-0.05, 0) is 42.2 Å². The molecule has 1 nitrogen and oxygen atoms in total. The quantitative estimate of drug-likeness (QED) is 0.734. The molecule has 1 aliphatic rings. The fourth-order valence-electron chi connectivity index (χ4n) is 2.57. The van der Waals surface area contributed by atoms with Crippen molar-refractivity contribution in [3.63, 3.8) is 0 Å². The predicted molar refractivity (Wildman–Crippen MR) is 64.5 cm³/mol. The van der Waals surface area contributed by atoms with E-state index in [1.807, 2.05) is 6.07 Å². The number of hydrogen-bond donors (Lipinski definition) is 0. The van der Waals surface area contributed by atoms with Crippen LogP contribution < -0.4 is 0 Å². The van der Waals surface area contributed by atoms with Crippen LogP contribution in [0.5, 0.6) is 0 Å². The zero-order chi connectivity index (χ0) is 10.9. The summed E-state index contributed by atoms with van der Waals surface area (Å²) in [6.45, 7) is 2.19. The van der Waals surface area contributed by atoms with E-state index in [-0.39, 0.29) is 5.41 Å². The van der Waals surface area contributed by atoms with Crippen molar-refractivity contribution in [2.75, 3.05) is 0 Å². The maximum atomic E-state index is 11.3. The number of carbonyl (C=O) groups excluding carboxylic acids is 1. The van der Waals surface area contributed by atoms with Crippen molar-refractivity contribution >= 4 is 29.2 Å². The average molecular weight is 243 g/mol. The van der Waals surface area contributed by atoms with E-state index in [4.69, 9.17) is 11.6 Å². The van der Waals surface area contributed by atoms with E-state index in [9.17, 15) is 4.79 Å². The van der Waals surface area contributed by atoms with Gasteiger partial charge in [0.15, 0.2) is 0 Å². The first kappa shape index (κ1) is 11.2. The molecule has 3 heteroatoms. The van der Waals surface area contributed by atoms with Crippen LogP contribution in [0.2, 0.25) is 4.34 Å². The molecule has 0 spiro atoms. The van der Waals surface area contributed by atoms with Gasteiger partial charge in [0.2, 0.25) is 0 Å². The minimum atomic E-state index is -0.121. The van der Waals surface area contributed by atoms with E-state index in [0.29, 0.717) is 5.92 Å². The Balaban J connectivity index is 2.18. The zero-order valence-corrected chi connectivity index (χ0v) is 10.4. The van der Waals surface area contributed by atoms with Crippen LogP contribution in [0.4, 0.5) is 0 Å². The van der Waals surface area contributed by atoms with E-state index >= 15 is 0 Å². The Hall–Kier alpha value is -0.340. The molecule has 0 radical (unpaired) electrons. The third kappa shape index (κ3) is 2.11. The molecule has 1 heterocycles. The summed E-state index contributed by atoms with van der Waals surface area (Å²) in [5.74, 6) is 0.508. The molecule has 0 aliphatic heterocycles. The fraction of sp³-hybridized carbons (Fsp3) is 0.583. The van der Waals surface area contributed by atoms with E-state index in [0.717, 1.165) is 17.2 Å². The van der Waals surface area contributed by atoms with Crippen molar-refractivity contribution in [2.45, 2.75) is 32.6 Å². The van der Waals surface area contributed by atoms with Gasteiger partial charge in [-0.15, -0.1) is 11.3 Å². The van der Waals surface area contributed by atoms with Crippen molar-refractivity contribution in [3.8, 4) is 0 Å². The summed E-state index contributed by atoms with van der Waals surface area (Å²) in [5.41, 5.74) is 1.09. The number of carbonyl (C=O) groups is 1. The minimum absolute atomic E-state index is 0.121. The fourth-order valence-corrected chi connectivity index (χ4v) is 3.48. The maximum absolute atomic E-state index is 11.3. The van der Waals surface area contributed by atoms with Crippen molar-refractivity contribution < 1.29 is 4.79 Å². The summed E-state index contributed by atoms with van der Waals surface area (Å²) < 4.78 is 0.816. The molecular weight excluding hydrogens is 228 g/mol. The molecule has 2 rings (SSSR count). The van der Waals surface area contributed by atoms with Gasteiger partial charge in [-0.3, -0.25) is 0 Å². The summed E-state index contributed by atoms with van der Waals surface area (Å²) in [6, 6.07) is 1.99. The highest BCUT2D eigenvalue weighted by atomic mass is 35.5. The SMILES string of the molecule is CC1CCCC1(C=O)Cc1csc(Cl)c1. The lowest BCUT2D eigenvalue weighted by Crippen LogP contribution is -2.28. The molecule has 1 saturated carbocycles. The molecule has 82 valence electrons. The molecule has 1 aromatic heterocycles. The average Bonchev–Trinajstić information content (AvgIpc) is 2.76. The lowest BCUT2D eigenvalue weighted by atomic mass is 9.76. The second-order valence-electron chi connectivity index (χ2n) is 4.58. The Morgan fingerprint density at radius 3 is 3.00 bits per heavy atom. The largest absolute Gasteiger partial charge is 0.303 e. The first-order chi connectivity index (χ1) is 7.16. The van der Waals surface area contributed by atoms with Crippen LogP contribution in [-0.2, 0) is 11.2 Å². The van der Waals surface area contributed by atoms with Crippen molar-refractivity contribution in [1.82, 2.24) is 0 Å². The Bertz CT molecular complexity index is 360. The maximum Gasteiger partial charge on any atom is 0.126 e. The molecule has 0 bridgehead atoms. The van der Waals surface area contributed by atoms with Gasteiger partial charge in [0.05, 0.1) is 4.34 Å². The van der Waals surface area contributed by atoms with Crippen LogP contribution in [-0.4, -0.2) is 6.29 Å². The van der Waals surface area contributed by atoms with E-state index in [2.05, 4.69) is 12.3 Å². The molecule has 0 amide bonds. The van der Waals surface area contributed by atoms with Gasteiger partial charge in [0.1, 0.15) is 6.29 Å². The molecule has 0 saturated heterocycles. The van der Waals surface area contributed by atoms with Crippen LogP contribution in [0.1, 0.15) is 31.7 Å². The van der Waals surface area contributed by atoms with E-state index in [1.54, 1.807) is 11.3 Å². The number of halogens is 1. The second-order valence-corrected chi connectivity index (χ2v) is 6.12. The Morgan fingerprint density at radius 1 is 1.73 bits per heavy atom. The van der Waals surface area contributed by atoms with Gasteiger partial charge in [-0.25, -0.2) is 0 Å². The molecule has 0 aromatic carbocycles. The molecule has 2 unspecified atom stereocenters. The number of thiophene rings is 1. The van der Waals surface area contributed by atoms with Gasteiger partial charge >= 0.3 is 0 Å². The lowest BCUT2D eigenvalue weighted by Gasteiger charge is -2.26. The summed E-state index contributed by atoms with van der Waals surface area (Å²) in [6.07, 6.45) is 5.43. The van der Waals surface area contributed by atoms with Crippen LogP contribution >= 0.6 is 22.9 Å². The molecule has 0 N–H and O–H groups in total. The van der Waals surface area contributed by atoms with Crippen molar-refractivity contribution in [2.24, 2.45) is 11.3 Å². The molecule has 2 atom stereocenters. The molecule has 15 heavy (non-hydrogen) atoms. The molecular formula is C12H15ClOS. The topological polar surface area (TPSA) is 17.1 Å². The first-order valence-electron chi connectivity index (χ1n) is 5.35. The number of rotatable bonds is 3. The van der Waals surface area contributed by atoms with Gasteiger partial charge in [0.25, 0.3) is 0 Å². The lowest BCUT2D eigenvalue weighted by molar-refractivity contribution is -0.117. The number of hydrogen-bond acceptors (Lipinski definition) is 2. The summed E-state index contributed by atoms with van der Waals surface area (Å²) in [4.78, 5) is 11.3. The van der Waals surface area contributed by atoms with Gasteiger partial charge in [-0.2, -0.15) is 0 Å². The standard InChI is InChI=1S/C12H15ClOS/c1-9-3-2-4-12(9,8-14)6-10-5-11(13)15-7-10/h5,7-9H,2-4,6H2,1H3. The normalized spacial score (nSPS) is 30.7. The summed E-state index contributed by atoms with van der Waals surface area (Å²) in [5, 5.41) is 2.07. The molecule has 1 aromatic rings. The summed E-state index contributed by atoms with van der Waals surface area (Å²) >= 11 is 7.45. The summed E-state index contributed by atoms with van der Waals surface area (Å²) in [7, 11) is 0. The van der Waals surface area contributed by atoms with Gasteiger partial charge in [0, 0.05) is 5.41 Å². The highest BCUT2D eigenvalue weighted by molar-refractivity contribution is 7.14. The number of aldehydes is 1. The van der Waals surface area contributed by atoms with Crippen molar-refractivity contribution in [3.05, 3.63) is 21.3 Å². The first-order valence-corrected chi connectivity index (χ1v) is 6.61. The van der Waals surface area contributed by atoms with Gasteiger partial charge < -0.3 is 4.79 Å². The predicted octanol–water partition coefficient (Wildman–Crippen LogP) is 3.95.